The molecule has 2 aromatic carbocycles. The average Bonchev–Trinajstić information content (AvgIpc) is 3.09. The Bertz CT molecular complexity index is 730. The molecule has 0 radical (unpaired) electrons. The molecule has 1 saturated heterocycles. The molecular formula is C19H20N2O3. The van der Waals surface area contributed by atoms with Gasteiger partial charge in [0.05, 0.1) is 12.2 Å². The van der Waals surface area contributed by atoms with E-state index >= 15 is 0 Å². The lowest BCUT2D eigenvalue weighted by Gasteiger charge is -2.18. The van der Waals surface area contributed by atoms with E-state index < -0.39 is 11.9 Å². The summed E-state index contributed by atoms with van der Waals surface area (Å²) < 4.78 is 5.41. The summed E-state index contributed by atoms with van der Waals surface area (Å²) in [4.78, 5) is 25.6. The minimum Gasteiger partial charge on any atom is -0.462 e. The number of benzene rings is 2. The summed E-state index contributed by atoms with van der Waals surface area (Å²) >= 11 is 0. The Labute approximate surface area is 141 Å². The Kier molecular flexibility index (Phi) is 4.79. The van der Waals surface area contributed by atoms with E-state index in [1.54, 1.807) is 18.2 Å². The number of esters is 1. The van der Waals surface area contributed by atoms with Crippen molar-refractivity contribution in [3.63, 3.8) is 0 Å². The molecule has 0 aliphatic carbocycles. The lowest BCUT2D eigenvalue weighted by Crippen LogP contribution is -2.22. The molecule has 1 fully saturated rings. The molecule has 3 rings (SSSR count). The summed E-state index contributed by atoms with van der Waals surface area (Å²) in [6.45, 7) is 2.21. The van der Waals surface area contributed by atoms with E-state index in [0.29, 0.717) is 23.7 Å². The Hall–Kier alpha value is -2.82. The molecule has 5 heteroatoms. The zero-order chi connectivity index (χ0) is 16.9. The van der Waals surface area contributed by atoms with Gasteiger partial charge < -0.3 is 15.4 Å². The molecule has 5 nitrogen and oxygen atoms in total. The third kappa shape index (κ3) is 3.74. The second kappa shape index (κ2) is 7.17. The maximum atomic E-state index is 12.1. The molecule has 2 N–H and O–H groups in total. The summed E-state index contributed by atoms with van der Waals surface area (Å²) in [7, 11) is 0. The molecule has 1 aliphatic rings. The largest absolute Gasteiger partial charge is 0.462 e. The predicted octanol–water partition coefficient (Wildman–Crippen LogP) is 2.47. The fourth-order valence-corrected chi connectivity index (χ4v) is 2.92. The Balaban J connectivity index is 1.54. The number of hydrogen-bond acceptors (Lipinski definition) is 4. The molecule has 124 valence electrons. The van der Waals surface area contributed by atoms with Crippen molar-refractivity contribution < 1.29 is 14.3 Å². The van der Waals surface area contributed by atoms with E-state index in [9.17, 15) is 9.59 Å². The fourth-order valence-electron chi connectivity index (χ4n) is 2.92. The number of hydrogen-bond donors (Lipinski definition) is 1. The van der Waals surface area contributed by atoms with E-state index in [4.69, 9.17) is 10.5 Å². The number of ether oxygens (including phenoxy) is 1. The normalized spacial score (nSPS) is 16.8. The third-order valence-electron chi connectivity index (χ3n) is 4.24. The molecule has 0 spiro atoms. The van der Waals surface area contributed by atoms with E-state index in [0.717, 1.165) is 19.5 Å². The van der Waals surface area contributed by atoms with Gasteiger partial charge in [0, 0.05) is 30.3 Å². The van der Waals surface area contributed by atoms with Crippen LogP contribution in [-0.2, 0) is 4.74 Å². The quantitative estimate of drug-likeness (QED) is 0.858. The smallest absolute Gasteiger partial charge is 0.338 e. The van der Waals surface area contributed by atoms with Gasteiger partial charge >= 0.3 is 5.97 Å². The number of amides is 1. The van der Waals surface area contributed by atoms with Gasteiger partial charge in [0.25, 0.3) is 0 Å². The molecule has 2 aromatic rings. The zero-order valence-electron chi connectivity index (χ0n) is 13.4. The number of para-hydroxylation sites is 1. The standard InChI is InChI=1S/C19H20N2O3/c20-18(22)15-5-4-6-16(11-15)19(23)24-13-14-9-10-21(12-14)17-7-2-1-3-8-17/h1-8,11,14H,9-10,12-13H2,(H2,20,22). The van der Waals surface area contributed by atoms with Crippen LogP contribution in [0.2, 0.25) is 0 Å². The van der Waals surface area contributed by atoms with Gasteiger partial charge in [0.15, 0.2) is 0 Å². The number of anilines is 1. The van der Waals surface area contributed by atoms with Crippen LogP contribution in [0.5, 0.6) is 0 Å². The molecule has 1 amide bonds. The monoisotopic (exact) mass is 324 g/mol. The van der Waals surface area contributed by atoms with Crippen molar-refractivity contribution >= 4 is 17.6 Å². The first-order chi connectivity index (χ1) is 11.6. The van der Waals surface area contributed by atoms with Crippen molar-refractivity contribution in [2.75, 3.05) is 24.6 Å². The van der Waals surface area contributed by atoms with Gasteiger partial charge in [-0.1, -0.05) is 24.3 Å². The van der Waals surface area contributed by atoms with Crippen LogP contribution in [0, 0.1) is 5.92 Å². The third-order valence-corrected chi connectivity index (χ3v) is 4.24. The van der Waals surface area contributed by atoms with Crippen LogP contribution < -0.4 is 10.6 Å². The summed E-state index contributed by atoms with van der Waals surface area (Å²) in [6, 6.07) is 16.5. The van der Waals surface area contributed by atoms with E-state index in [-0.39, 0.29) is 0 Å². The van der Waals surface area contributed by atoms with Crippen LogP contribution in [0.1, 0.15) is 27.1 Å². The van der Waals surface area contributed by atoms with Crippen LogP contribution in [0.15, 0.2) is 54.6 Å². The zero-order valence-corrected chi connectivity index (χ0v) is 13.4. The number of rotatable bonds is 5. The first-order valence-corrected chi connectivity index (χ1v) is 8.00. The van der Waals surface area contributed by atoms with E-state index in [2.05, 4.69) is 17.0 Å². The molecule has 1 aliphatic heterocycles. The van der Waals surface area contributed by atoms with Crippen molar-refractivity contribution in [3.05, 3.63) is 65.7 Å². The van der Waals surface area contributed by atoms with Crippen LogP contribution in [-0.4, -0.2) is 31.6 Å². The number of nitrogens with zero attached hydrogens (tertiary/aromatic N) is 1. The second-order valence-corrected chi connectivity index (χ2v) is 5.98. The highest BCUT2D eigenvalue weighted by molar-refractivity contribution is 5.97. The maximum Gasteiger partial charge on any atom is 0.338 e. The highest BCUT2D eigenvalue weighted by Crippen LogP contribution is 2.23. The maximum absolute atomic E-state index is 12.1. The number of primary amides is 1. The van der Waals surface area contributed by atoms with E-state index in [1.165, 1.54) is 11.8 Å². The molecule has 1 atom stereocenters. The molecule has 24 heavy (non-hydrogen) atoms. The number of nitrogens with two attached hydrogens (primary N) is 1. The van der Waals surface area contributed by atoms with Crippen molar-refractivity contribution in [3.8, 4) is 0 Å². The highest BCUT2D eigenvalue weighted by Gasteiger charge is 2.24. The lowest BCUT2D eigenvalue weighted by atomic mass is 10.1. The Morgan fingerprint density at radius 2 is 1.83 bits per heavy atom. The van der Waals surface area contributed by atoms with Crippen LogP contribution in [0.25, 0.3) is 0 Å². The van der Waals surface area contributed by atoms with Gasteiger partial charge in [-0.25, -0.2) is 4.79 Å². The van der Waals surface area contributed by atoms with Gasteiger partial charge in [-0.05, 0) is 36.8 Å². The van der Waals surface area contributed by atoms with Gasteiger partial charge in [-0.15, -0.1) is 0 Å². The SMILES string of the molecule is NC(=O)c1cccc(C(=O)OCC2CCN(c3ccccc3)C2)c1. The molecular weight excluding hydrogens is 304 g/mol. The second-order valence-electron chi connectivity index (χ2n) is 5.98. The molecule has 0 aromatic heterocycles. The van der Waals surface area contributed by atoms with Crippen molar-refractivity contribution in [1.82, 2.24) is 0 Å². The highest BCUT2D eigenvalue weighted by atomic mass is 16.5. The number of carbonyl (C=O) groups excluding carboxylic acids is 2. The Morgan fingerprint density at radius 1 is 1.08 bits per heavy atom. The predicted molar refractivity (Wildman–Crippen MR) is 92.0 cm³/mol. The Morgan fingerprint density at radius 3 is 2.58 bits per heavy atom. The van der Waals surface area contributed by atoms with Crippen molar-refractivity contribution in [2.45, 2.75) is 6.42 Å². The van der Waals surface area contributed by atoms with Gasteiger partial charge in [-0.2, -0.15) is 0 Å². The summed E-state index contributed by atoms with van der Waals surface area (Å²) in [6.07, 6.45) is 0.990. The fraction of sp³-hybridized carbons (Fsp3) is 0.263. The van der Waals surface area contributed by atoms with Crippen molar-refractivity contribution in [1.29, 1.82) is 0 Å². The molecule has 1 heterocycles. The molecule has 0 saturated carbocycles. The molecule has 0 bridgehead atoms. The minimum absolute atomic E-state index is 0.306. The van der Waals surface area contributed by atoms with Crippen molar-refractivity contribution in [2.24, 2.45) is 11.7 Å². The first kappa shape index (κ1) is 16.1. The lowest BCUT2D eigenvalue weighted by molar-refractivity contribution is 0.0451. The van der Waals surface area contributed by atoms with E-state index in [1.807, 2.05) is 18.2 Å². The van der Waals surface area contributed by atoms with Crippen LogP contribution >= 0.6 is 0 Å². The topological polar surface area (TPSA) is 72.6 Å². The van der Waals surface area contributed by atoms with Crippen LogP contribution in [0.3, 0.4) is 0 Å². The van der Waals surface area contributed by atoms with Gasteiger partial charge in [-0.3, -0.25) is 4.79 Å². The van der Waals surface area contributed by atoms with Gasteiger partial charge in [0.2, 0.25) is 5.91 Å². The summed E-state index contributed by atoms with van der Waals surface area (Å²) in [5.41, 5.74) is 7.08. The van der Waals surface area contributed by atoms with Crippen LogP contribution in [0.4, 0.5) is 5.69 Å². The average molecular weight is 324 g/mol. The summed E-state index contributed by atoms with van der Waals surface area (Å²) in [5.74, 6) is -0.663. The minimum atomic E-state index is -0.557. The number of carbonyl (C=O) groups is 2. The summed E-state index contributed by atoms with van der Waals surface area (Å²) in [5, 5.41) is 0. The first-order valence-electron chi connectivity index (χ1n) is 8.00. The molecule has 1 unspecified atom stereocenters. The van der Waals surface area contributed by atoms with Gasteiger partial charge in [0.1, 0.15) is 0 Å².